The number of ether oxygens (including phenoxy) is 1. The molecule has 0 aliphatic rings. The van der Waals surface area contributed by atoms with Gasteiger partial charge in [-0.05, 0) is 31.0 Å². The van der Waals surface area contributed by atoms with Crippen LogP contribution in [-0.2, 0) is 4.74 Å². The Morgan fingerprint density at radius 1 is 1.22 bits per heavy atom. The first-order valence-electron chi connectivity index (χ1n) is 7.22. The summed E-state index contributed by atoms with van der Waals surface area (Å²) in [6.45, 7) is 5.98. The Hall–Kier alpha value is -2.83. The molecule has 1 aromatic heterocycles. The Morgan fingerprint density at radius 3 is 2.52 bits per heavy atom. The van der Waals surface area contributed by atoms with E-state index >= 15 is 0 Å². The standard InChI is InChI=1S/C16H19N3O4/c1-10(2)9-22-16(21)18-13-6-4-5-12(8-13)17-15(20)14-7-11(3)19-23-14/h4-8,10H,9H2,1-3H3,(H,17,20)(H,18,21). The highest BCUT2D eigenvalue weighted by Crippen LogP contribution is 2.16. The molecule has 0 aliphatic carbocycles. The highest BCUT2D eigenvalue weighted by atomic mass is 16.5. The number of carbonyl (C=O) groups excluding carboxylic acids is 2. The molecule has 0 spiro atoms. The molecule has 122 valence electrons. The fraction of sp³-hybridized carbons (Fsp3) is 0.312. The molecule has 0 unspecified atom stereocenters. The smallest absolute Gasteiger partial charge is 0.411 e. The van der Waals surface area contributed by atoms with Crippen LogP contribution in [0.1, 0.15) is 30.1 Å². The predicted octanol–water partition coefficient (Wildman–Crippen LogP) is 3.44. The number of aryl methyl sites for hydroxylation is 1. The summed E-state index contributed by atoms with van der Waals surface area (Å²) in [6.07, 6.45) is -0.534. The molecule has 2 aromatic rings. The molecule has 0 radical (unpaired) electrons. The number of nitrogens with one attached hydrogen (secondary N) is 2. The van der Waals surface area contributed by atoms with E-state index in [1.54, 1.807) is 37.3 Å². The topological polar surface area (TPSA) is 93.5 Å². The van der Waals surface area contributed by atoms with Crippen LogP contribution < -0.4 is 10.6 Å². The van der Waals surface area contributed by atoms with Gasteiger partial charge in [0.15, 0.2) is 0 Å². The van der Waals surface area contributed by atoms with E-state index in [0.29, 0.717) is 23.7 Å². The lowest BCUT2D eigenvalue weighted by Crippen LogP contribution is -2.17. The van der Waals surface area contributed by atoms with Crippen LogP contribution in [0.2, 0.25) is 0 Å². The van der Waals surface area contributed by atoms with Gasteiger partial charge in [0.2, 0.25) is 5.76 Å². The number of hydrogen-bond acceptors (Lipinski definition) is 5. The minimum absolute atomic E-state index is 0.122. The number of aromatic nitrogens is 1. The number of benzene rings is 1. The molecular weight excluding hydrogens is 298 g/mol. The largest absolute Gasteiger partial charge is 0.449 e. The van der Waals surface area contributed by atoms with Crippen molar-refractivity contribution in [1.82, 2.24) is 5.16 Å². The lowest BCUT2D eigenvalue weighted by molar-refractivity contribution is 0.0988. The van der Waals surface area contributed by atoms with Gasteiger partial charge < -0.3 is 14.6 Å². The molecule has 1 aromatic carbocycles. The monoisotopic (exact) mass is 317 g/mol. The van der Waals surface area contributed by atoms with E-state index in [-0.39, 0.29) is 11.7 Å². The first-order valence-corrected chi connectivity index (χ1v) is 7.22. The average Bonchev–Trinajstić information content (AvgIpc) is 2.92. The third kappa shape index (κ3) is 5.14. The molecule has 2 N–H and O–H groups in total. The zero-order valence-corrected chi connectivity index (χ0v) is 13.3. The summed E-state index contributed by atoms with van der Waals surface area (Å²) in [4.78, 5) is 23.6. The van der Waals surface area contributed by atoms with Crippen molar-refractivity contribution in [2.75, 3.05) is 17.2 Å². The van der Waals surface area contributed by atoms with E-state index in [1.165, 1.54) is 0 Å². The van der Waals surface area contributed by atoms with Crippen LogP contribution in [0.4, 0.5) is 16.2 Å². The summed E-state index contributed by atoms with van der Waals surface area (Å²) in [7, 11) is 0. The van der Waals surface area contributed by atoms with Crippen molar-refractivity contribution in [1.29, 1.82) is 0 Å². The van der Waals surface area contributed by atoms with Crippen LogP contribution in [0.5, 0.6) is 0 Å². The Kier molecular flexibility index (Phi) is 5.35. The molecule has 2 amide bonds. The van der Waals surface area contributed by atoms with Crippen LogP contribution >= 0.6 is 0 Å². The summed E-state index contributed by atoms with van der Waals surface area (Å²) in [6, 6.07) is 8.27. The molecule has 7 heteroatoms. The fourth-order valence-corrected chi connectivity index (χ4v) is 1.73. The van der Waals surface area contributed by atoms with Gasteiger partial charge in [0, 0.05) is 17.4 Å². The van der Waals surface area contributed by atoms with Crippen molar-refractivity contribution in [3.8, 4) is 0 Å². The van der Waals surface area contributed by atoms with Gasteiger partial charge in [-0.15, -0.1) is 0 Å². The van der Waals surface area contributed by atoms with E-state index in [9.17, 15) is 9.59 Å². The normalized spacial score (nSPS) is 10.4. The zero-order chi connectivity index (χ0) is 16.8. The van der Waals surface area contributed by atoms with E-state index in [0.717, 1.165) is 0 Å². The van der Waals surface area contributed by atoms with Gasteiger partial charge in [-0.2, -0.15) is 0 Å². The van der Waals surface area contributed by atoms with Crippen molar-refractivity contribution in [2.24, 2.45) is 5.92 Å². The Labute approximate surface area is 134 Å². The highest BCUT2D eigenvalue weighted by Gasteiger charge is 2.12. The van der Waals surface area contributed by atoms with Crippen molar-refractivity contribution in [2.45, 2.75) is 20.8 Å². The Morgan fingerprint density at radius 2 is 1.91 bits per heavy atom. The molecule has 7 nitrogen and oxygen atoms in total. The average molecular weight is 317 g/mol. The number of nitrogens with zero attached hydrogens (tertiary/aromatic N) is 1. The molecular formula is C16H19N3O4. The molecule has 0 atom stereocenters. The molecule has 0 saturated heterocycles. The van der Waals surface area contributed by atoms with Crippen LogP contribution in [0.15, 0.2) is 34.9 Å². The minimum Gasteiger partial charge on any atom is -0.449 e. The van der Waals surface area contributed by atoms with Gasteiger partial charge in [0.05, 0.1) is 12.3 Å². The maximum absolute atomic E-state index is 12.0. The molecule has 0 saturated carbocycles. The van der Waals surface area contributed by atoms with Gasteiger partial charge in [-0.1, -0.05) is 25.1 Å². The van der Waals surface area contributed by atoms with E-state index < -0.39 is 12.0 Å². The third-order valence-electron chi connectivity index (χ3n) is 2.77. The van der Waals surface area contributed by atoms with Crippen molar-refractivity contribution >= 4 is 23.4 Å². The second-order valence-electron chi connectivity index (χ2n) is 5.48. The van der Waals surface area contributed by atoms with E-state index in [1.807, 2.05) is 13.8 Å². The number of carbonyl (C=O) groups is 2. The number of hydrogen-bond donors (Lipinski definition) is 2. The van der Waals surface area contributed by atoms with Gasteiger partial charge in [0.25, 0.3) is 5.91 Å². The Bertz CT molecular complexity index is 694. The van der Waals surface area contributed by atoms with Crippen LogP contribution in [-0.4, -0.2) is 23.8 Å². The third-order valence-corrected chi connectivity index (χ3v) is 2.77. The fourth-order valence-electron chi connectivity index (χ4n) is 1.73. The maximum atomic E-state index is 12.0. The lowest BCUT2D eigenvalue weighted by Gasteiger charge is -2.10. The molecule has 0 aliphatic heterocycles. The van der Waals surface area contributed by atoms with Crippen molar-refractivity contribution in [3.63, 3.8) is 0 Å². The highest BCUT2D eigenvalue weighted by molar-refractivity contribution is 6.02. The number of rotatable bonds is 5. The summed E-state index contributed by atoms with van der Waals surface area (Å²) in [5, 5.41) is 8.94. The molecule has 23 heavy (non-hydrogen) atoms. The second kappa shape index (κ2) is 7.44. The summed E-state index contributed by atoms with van der Waals surface area (Å²) in [5.41, 5.74) is 1.66. The summed E-state index contributed by atoms with van der Waals surface area (Å²) < 4.78 is 9.94. The van der Waals surface area contributed by atoms with Gasteiger partial charge >= 0.3 is 6.09 Å². The summed E-state index contributed by atoms with van der Waals surface area (Å²) >= 11 is 0. The number of anilines is 2. The lowest BCUT2D eigenvalue weighted by atomic mass is 10.2. The van der Waals surface area contributed by atoms with Gasteiger partial charge in [-0.25, -0.2) is 4.79 Å². The van der Waals surface area contributed by atoms with Crippen LogP contribution in [0.3, 0.4) is 0 Å². The summed E-state index contributed by atoms with van der Waals surface area (Å²) in [5.74, 6) is -0.0286. The zero-order valence-electron chi connectivity index (χ0n) is 13.3. The van der Waals surface area contributed by atoms with Gasteiger partial charge in [-0.3, -0.25) is 10.1 Å². The SMILES string of the molecule is Cc1cc(C(=O)Nc2cccc(NC(=O)OCC(C)C)c2)on1. The first kappa shape index (κ1) is 16.5. The van der Waals surface area contributed by atoms with E-state index in [4.69, 9.17) is 9.26 Å². The van der Waals surface area contributed by atoms with Crippen molar-refractivity contribution < 1.29 is 18.8 Å². The number of amides is 2. The molecule has 0 fully saturated rings. The molecule has 2 rings (SSSR count). The maximum Gasteiger partial charge on any atom is 0.411 e. The minimum atomic E-state index is -0.534. The van der Waals surface area contributed by atoms with Crippen LogP contribution in [0.25, 0.3) is 0 Å². The molecule has 1 heterocycles. The van der Waals surface area contributed by atoms with Crippen LogP contribution in [0, 0.1) is 12.8 Å². The van der Waals surface area contributed by atoms with Crippen molar-refractivity contribution in [3.05, 3.63) is 41.8 Å². The second-order valence-corrected chi connectivity index (χ2v) is 5.48. The van der Waals surface area contributed by atoms with Gasteiger partial charge in [0.1, 0.15) is 0 Å². The first-order chi connectivity index (χ1) is 10.9. The Balaban J connectivity index is 1.96. The van der Waals surface area contributed by atoms with E-state index in [2.05, 4.69) is 15.8 Å². The predicted molar refractivity (Wildman–Crippen MR) is 85.4 cm³/mol. The quantitative estimate of drug-likeness (QED) is 0.881. The molecule has 0 bridgehead atoms.